The maximum absolute atomic E-state index is 11.7. The molecule has 0 spiro atoms. The van der Waals surface area contributed by atoms with E-state index in [1.807, 2.05) is 89.2 Å². The van der Waals surface area contributed by atoms with Gasteiger partial charge in [-0.1, -0.05) is 102 Å². The van der Waals surface area contributed by atoms with Crippen LogP contribution < -0.4 is 10.6 Å². The van der Waals surface area contributed by atoms with E-state index in [2.05, 4.69) is 42.7 Å². The van der Waals surface area contributed by atoms with Gasteiger partial charge in [0, 0.05) is 25.9 Å². The Kier molecular flexibility index (Phi) is 33.0. The molecule has 0 aromatic rings. The summed E-state index contributed by atoms with van der Waals surface area (Å²) in [4.78, 5) is 46.5. The standard InChI is InChI=1S/C25H49NO4.C25H45NO4/c2*1-8-21(18-16-20-26-23(28)30-25(5,6)7)17-14-12-10-9-11-13-15-19-22(27)29-24(2,3)4/h21H,8-20H2,1-7H3,(H,26,28);11,13,16,18,21H,8-10,12,14-15,17,19-20H2,1-7H3,(H,26,28)/b;13-11+,18-16?. The second kappa shape index (κ2) is 33.6. The van der Waals surface area contributed by atoms with Crippen molar-refractivity contribution in [1.82, 2.24) is 10.6 Å². The Morgan fingerprint density at radius 2 is 0.917 bits per heavy atom. The summed E-state index contributed by atoms with van der Waals surface area (Å²) < 4.78 is 21.1. The van der Waals surface area contributed by atoms with Crippen LogP contribution in [0.1, 0.15) is 225 Å². The Morgan fingerprint density at radius 1 is 0.467 bits per heavy atom. The predicted molar refractivity (Wildman–Crippen MR) is 249 cm³/mol. The van der Waals surface area contributed by atoms with Crippen LogP contribution in [0.25, 0.3) is 0 Å². The van der Waals surface area contributed by atoms with Crippen molar-refractivity contribution in [3.8, 4) is 0 Å². The van der Waals surface area contributed by atoms with Gasteiger partial charge in [0.1, 0.15) is 22.4 Å². The number of hydrogen-bond donors (Lipinski definition) is 2. The molecule has 0 aliphatic rings. The topological polar surface area (TPSA) is 129 Å². The lowest BCUT2D eigenvalue weighted by Gasteiger charge is -2.20. The Hall–Kier alpha value is -3.04. The van der Waals surface area contributed by atoms with Crippen LogP contribution in [0.2, 0.25) is 0 Å². The van der Waals surface area contributed by atoms with Crippen LogP contribution in [0.4, 0.5) is 9.59 Å². The molecule has 10 heteroatoms. The molecular formula is C50H94N2O8. The lowest BCUT2D eigenvalue weighted by atomic mass is 9.93. The third kappa shape index (κ3) is 46.0. The predicted octanol–water partition coefficient (Wildman–Crippen LogP) is 13.9. The zero-order valence-electron chi connectivity index (χ0n) is 41.3. The van der Waals surface area contributed by atoms with Gasteiger partial charge in [-0.3, -0.25) is 9.59 Å². The van der Waals surface area contributed by atoms with E-state index in [4.69, 9.17) is 18.9 Å². The summed E-state index contributed by atoms with van der Waals surface area (Å²) in [6.45, 7) is 28.3. The molecule has 0 rings (SSSR count). The molecule has 2 unspecified atom stereocenters. The Bertz CT molecular complexity index is 1180. The van der Waals surface area contributed by atoms with Crippen molar-refractivity contribution in [1.29, 1.82) is 0 Å². The summed E-state index contributed by atoms with van der Waals surface area (Å²) in [5.74, 6) is 1.09. The lowest BCUT2D eigenvalue weighted by Crippen LogP contribution is -2.33. The van der Waals surface area contributed by atoms with Crippen molar-refractivity contribution in [3.63, 3.8) is 0 Å². The van der Waals surface area contributed by atoms with Gasteiger partial charge in [0.2, 0.25) is 0 Å². The molecule has 2 atom stereocenters. The normalized spacial score (nSPS) is 13.3. The van der Waals surface area contributed by atoms with Crippen LogP contribution in [-0.4, -0.2) is 59.6 Å². The van der Waals surface area contributed by atoms with E-state index in [1.165, 1.54) is 70.6 Å². The fourth-order valence-corrected chi connectivity index (χ4v) is 6.25. The molecular weight excluding hydrogens is 757 g/mol. The number of esters is 2. The summed E-state index contributed by atoms with van der Waals surface area (Å²) in [5, 5.41) is 5.60. The SMILES string of the molecule is CCC(C=CCNC(=O)OC(C)(C)C)CCCCC/C=C/CCC(=O)OC(C)(C)C.CCC(CCCCCCCCCC(=O)OC(C)(C)C)CCCNC(=O)OC(C)(C)C. The van der Waals surface area contributed by atoms with Crippen molar-refractivity contribution in [3.05, 3.63) is 24.3 Å². The Morgan fingerprint density at radius 3 is 1.45 bits per heavy atom. The van der Waals surface area contributed by atoms with Gasteiger partial charge >= 0.3 is 24.1 Å². The zero-order valence-corrected chi connectivity index (χ0v) is 41.3. The van der Waals surface area contributed by atoms with Crippen LogP contribution in [0.3, 0.4) is 0 Å². The highest BCUT2D eigenvalue weighted by Crippen LogP contribution is 2.21. The summed E-state index contributed by atoms with van der Waals surface area (Å²) >= 11 is 0. The number of rotatable bonds is 28. The Labute approximate surface area is 368 Å². The molecule has 0 aliphatic heterocycles. The molecule has 60 heavy (non-hydrogen) atoms. The number of unbranched alkanes of at least 4 members (excludes halogenated alkanes) is 9. The first-order chi connectivity index (χ1) is 27.9. The van der Waals surface area contributed by atoms with Crippen molar-refractivity contribution in [2.45, 2.75) is 248 Å². The van der Waals surface area contributed by atoms with Gasteiger partial charge in [-0.2, -0.15) is 0 Å². The number of allylic oxidation sites excluding steroid dienone is 3. The number of nitrogens with one attached hydrogen (secondary N) is 2. The summed E-state index contributed by atoms with van der Waals surface area (Å²) in [7, 11) is 0. The average Bonchev–Trinajstić information content (AvgIpc) is 3.09. The molecule has 0 aromatic heterocycles. The first-order valence-electron chi connectivity index (χ1n) is 23.5. The molecule has 10 nitrogen and oxygen atoms in total. The highest BCUT2D eigenvalue weighted by atomic mass is 16.6. The number of alkyl carbamates (subject to hydrolysis) is 2. The first kappa shape index (κ1) is 59.1. The van der Waals surface area contributed by atoms with Crippen LogP contribution in [-0.2, 0) is 28.5 Å². The van der Waals surface area contributed by atoms with Crippen LogP contribution in [0.5, 0.6) is 0 Å². The van der Waals surface area contributed by atoms with E-state index in [0.29, 0.717) is 31.8 Å². The number of carbonyl (C=O) groups excluding carboxylic acids is 4. The largest absolute Gasteiger partial charge is 0.460 e. The van der Waals surface area contributed by atoms with Crippen molar-refractivity contribution < 1.29 is 38.1 Å². The first-order valence-corrected chi connectivity index (χ1v) is 23.5. The highest BCUT2D eigenvalue weighted by molar-refractivity contribution is 5.70. The van der Waals surface area contributed by atoms with E-state index in [1.54, 1.807) is 0 Å². The average molecular weight is 851 g/mol. The molecule has 0 bridgehead atoms. The van der Waals surface area contributed by atoms with Gasteiger partial charge < -0.3 is 29.6 Å². The quantitative estimate of drug-likeness (QED) is 0.0344. The van der Waals surface area contributed by atoms with Gasteiger partial charge in [-0.25, -0.2) is 9.59 Å². The third-order valence-electron chi connectivity index (χ3n) is 9.19. The maximum atomic E-state index is 11.7. The Balaban J connectivity index is 0. The molecule has 0 aliphatic carbocycles. The molecule has 0 fully saturated rings. The lowest BCUT2D eigenvalue weighted by molar-refractivity contribution is -0.156. The molecule has 0 saturated carbocycles. The van der Waals surface area contributed by atoms with E-state index in [0.717, 1.165) is 50.9 Å². The number of ether oxygens (including phenoxy) is 4. The van der Waals surface area contributed by atoms with E-state index in [9.17, 15) is 19.2 Å². The number of hydrogen-bond acceptors (Lipinski definition) is 8. The molecule has 0 saturated heterocycles. The summed E-state index contributed by atoms with van der Waals surface area (Å²) in [6.07, 6.45) is 29.4. The fourth-order valence-electron chi connectivity index (χ4n) is 6.25. The maximum Gasteiger partial charge on any atom is 0.407 e. The molecule has 352 valence electrons. The van der Waals surface area contributed by atoms with Crippen LogP contribution in [0, 0.1) is 11.8 Å². The monoisotopic (exact) mass is 851 g/mol. The molecule has 0 radical (unpaired) electrons. The van der Waals surface area contributed by atoms with Crippen molar-refractivity contribution >= 4 is 24.1 Å². The minimum atomic E-state index is -0.465. The molecule has 0 aromatic carbocycles. The van der Waals surface area contributed by atoms with Gasteiger partial charge in [-0.15, -0.1) is 0 Å². The molecule has 0 heterocycles. The smallest absolute Gasteiger partial charge is 0.407 e. The van der Waals surface area contributed by atoms with Gasteiger partial charge in [-0.05, 0) is 146 Å². The summed E-state index contributed by atoms with van der Waals surface area (Å²) in [6, 6.07) is 0. The minimum absolute atomic E-state index is 0.0746. The van der Waals surface area contributed by atoms with Gasteiger partial charge in [0.05, 0.1) is 0 Å². The summed E-state index contributed by atoms with van der Waals surface area (Å²) in [5.41, 5.74) is -1.68. The van der Waals surface area contributed by atoms with E-state index in [-0.39, 0.29) is 29.7 Å². The van der Waals surface area contributed by atoms with Crippen molar-refractivity contribution in [2.24, 2.45) is 11.8 Å². The second-order valence-corrected chi connectivity index (χ2v) is 20.2. The number of carbonyl (C=O) groups is 4. The zero-order chi connectivity index (χ0) is 46.1. The van der Waals surface area contributed by atoms with Crippen LogP contribution in [0.15, 0.2) is 24.3 Å². The van der Waals surface area contributed by atoms with Crippen molar-refractivity contribution in [2.75, 3.05) is 13.1 Å². The molecule has 2 N–H and O–H groups in total. The highest BCUT2D eigenvalue weighted by Gasteiger charge is 2.18. The fraction of sp³-hybridized carbons (Fsp3) is 0.840. The van der Waals surface area contributed by atoms with Gasteiger partial charge in [0.15, 0.2) is 0 Å². The third-order valence-corrected chi connectivity index (χ3v) is 9.19. The van der Waals surface area contributed by atoms with E-state index >= 15 is 0 Å². The van der Waals surface area contributed by atoms with Gasteiger partial charge in [0.25, 0.3) is 0 Å². The second-order valence-electron chi connectivity index (χ2n) is 20.2. The van der Waals surface area contributed by atoms with Crippen LogP contribution >= 0.6 is 0 Å². The minimum Gasteiger partial charge on any atom is -0.460 e. The van der Waals surface area contributed by atoms with E-state index < -0.39 is 16.8 Å². The number of amides is 2. The molecule has 2 amide bonds.